The predicted molar refractivity (Wildman–Crippen MR) is 84.3 cm³/mol. The van der Waals surface area contributed by atoms with Gasteiger partial charge in [0.15, 0.2) is 0 Å². The number of benzene rings is 2. The molecule has 21 heavy (non-hydrogen) atoms. The van der Waals surface area contributed by atoms with Crippen LogP contribution in [0.2, 0.25) is 5.02 Å². The molecular weight excluding hydrogens is 284 g/mol. The highest BCUT2D eigenvalue weighted by Crippen LogP contribution is 2.29. The normalized spacial score (nSPS) is 10.8. The van der Waals surface area contributed by atoms with E-state index in [-0.39, 0.29) is 5.69 Å². The number of aryl methyl sites for hydroxylation is 1. The molecule has 2 N–H and O–H groups in total. The van der Waals surface area contributed by atoms with Gasteiger partial charge in [0.05, 0.1) is 6.20 Å². The third-order valence-electron chi connectivity index (χ3n) is 3.45. The number of rotatable bonds is 2. The third-order valence-corrected chi connectivity index (χ3v) is 3.68. The summed E-state index contributed by atoms with van der Waals surface area (Å²) < 4.78 is 0. The van der Waals surface area contributed by atoms with Gasteiger partial charge < -0.3 is 5.73 Å². The molecule has 4 heteroatoms. The van der Waals surface area contributed by atoms with Crippen LogP contribution >= 0.6 is 11.6 Å². The van der Waals surface area contributed by atoms with Crippen LogP contribution in [-0.4, -0.2) is 10.9 Å². The topological polar surface area (TPSA) is 56.0 Å². The highest BCUT2D eigenvalue weighted by Gasteiger charge is 2.10. The summed E-state index contributed by atoms with van der Waals surface area (Å²) in [6.45, 7) is 2.02. The number of carbonyl (C=O) groups excluding carboxylic acids is 1. The lowest BCUT2D eigenvalue weighted by atomic mass is 9.97. The Kier molecular flexibility index (Phi) is 3.35. The Balaban J connectivity index is 2.28. The molecule has 0 fully saturated rings. The van der Waals surface area contributed by atoms with Gasteiger partial charge in [-0.2, -0.15) is 0 Å². The van der Waals surface area contributed by atoms with E-state index in [1.807, 2.05) is 43.3 Å². The van der Waals surface area contributed by atoms with Crippen molar-refractivity contribution in [3.8, 4) is 11.1 Å². The summed E-state index contributed by atoms with van der Waals surface area (Å²) in [5.41, 5.74) is 8.71. The van der Waals surface area contributed by atoms with Crippen LogP contribution < -0.4 is 5.73 Å². The third kappa shape index (κ3) is 2.48. The maximum absolute atomic E-state index is 11.5. The summed E-state index contributed by atoms with van der Waals surface area (Å²) in [7, 11) is 0. The molecule has 0 saturated carbocycles. The predicted octanol–water partition coefficient (Wildman–Crippen LogP) is 3.76. The van der Waals surface area contributed by atoms with Crippen molar-refractivity contribution in [1.29, 1.82) is 0 Å². The number of carbonyl (C=O) groups is 1. The van der Waals surface area contributed by atoms with Crippen molar-refractivity contribution < 1.29 is 4.79 Å². The second-order valence-corrected chi connectivity index (χ2v) is 5.30. The van der Waals surface area contributed by atoms with Gasteiger partial charge in [-0.3, -0.25) is 4.79 Å². The first-order valence-corrected chi connectivity index (χ1v) is 6.81. The Labute approximate surface area is 127 Å². The van der Waals surface area contributed by atoms with Gasteiger partial charge in [-0.1, -0.05) is 29.8 Å². The number of fused-ring (bicyclic) bond motifs is 1. The van der Waals surface area contributed by atoms with Crippen LogP contribution in [0.5, 0.6) is 0 Å². The van der Waals surface area contributed by atoms with Crippen molar-refractivity contribution in [2.75, 3.05) is 0 Å². The van der Waals surface area contributed by atoms with Crippen LogP contribution in [0.15, 0.2) is 42.5 Å². The van der Waals surface area contributed by atoms with Crippen molar-refractivity contribution in [3.63, 3.8) is 0 Å². The van der Waals surface area contributed by atoms with Gasteiger partial charge in [0.2, 0.25) is 0 Å². The first-order valence-electron chi connectivity index (χ1n) is 6.43. The van der Waals surface area contributed by atoms with Gasteiger partial charge in [-0.15, -0.1) is 0 Å². The van der Waals surface area contributed by atoms with Crippen LogP contribution in [0.1, 0.15) is 16.1 Å². The Bertz CT molecular complexity index is 859. The number of hydrogen-bond donors (Lipinski definition) is 1. The quantitative estimate of drug-likeness (QED) is 0.782. The maximum Gasteiger partial charge on any atom is 0.267 e. The Morgan fingerprint density at radius 2 is 2.05 bits per heavy atom. The van der Waals surface area contributed by atoms with Gasteiger partial charge in [-0.25, -0.2) is 4.98 Å². The molecule has 2 aromatic carbocycles. The first kappa shape index (κ1) is 13.6. The van der Waals surface area contributed by atoms with E-state index in [0.29, 0.717) is 5.02 Å². The van der Waals surface area contributed by atoms with Crippen LogP contribution in [-0.2, 0) is 0 Å². The zero-order valence-corrected chi connectivity index (χ0v) is 12.1. The number of nitrogens with zero attached hydrogens (tertiary/aromatic N) is 1. The van der Waals surface area contributed by atoms with Gasteiger partial charge in [-0.05, 0) is 53.3 Å². The molecule has 3 aromatic rings. The average molecular weight is 296 g/mol. The summed E-state index contributed by atoms with van der Waals surface area (Å²) in [6, 6.07) is 13.3. The molecule has 0 aliphatic rings. The Morgan fingerprint density at radius 1 is 1.24 bits per heavy atom. The second kappa shape index (κ2) is 5.19. The van der Waals surface area contributed by atoms with Gasteiger partial charge >= 0.3 is 0 Å². The summed E-state index contributed by atoms with van der Waals surface area (Å²) in [5.74, 6) is -0.559. The van der Waals surface area contributed by atoms with E-state index < -0.39 is 5.91 Å². The van der Waals surface area contributed by atoms with Crippen molar-refractivity contribution in [3.05, 3.63) is 64.9 Å². The Hall–Kier alpha value is -2.39. The maximum atomic E-state index is 11.5. The first-order chi connectivity index (χ1) is 10.1. The highest BCUT2D eigenvalue weighted by atomic mass is 35.5. The number of primary amides is 1. The molecule has 1 heterocycles. The molecule has 0 atom stereocenters. The lowest BCUT2D eigenvalue weighted by molar-refractivity contribution is 0.0997. The van der Waals surface area contributed by atoms with E-state index >= 15 is 0 Å². The van der Waals surface area contributed by atoms with E-state index in [1.54, 1.807) is 6.07 Å². The van der Waals surface area contributed by atoms with Gasteiger partial charge in [0, 0.05) is 10.4 Å². The molecule has 0 aliphatic heterocycles. The lowest BCUT2D eigenvalue weighted by Gasteiger charge is -2.09. The fraction of sp³-hybridized carbons (Fsp3) is 0.0588. The number of hydrogen-bond acceptors (Lipinski definition) is 2. The van der Waals surface area contributed by atoms with Crippen molar-refractivity contribution in [2.45, 2.75) is 6.92 Å². The summed E-state index contributed by atoms with van der Waals surface area (Å²) in [6.07, 6.45) is 2.69. The smallest absolute Gasteiger partial charge is 0.267 e. The number of aromatic nitrogens is 1. The fourth-order valence-corrected chi connectivity index (χ4v) is 2.55. The van der Waals surface area contributed by atoms with E-state index in [9.17, 15) is 4.79 Å². The second-order valence-electron chi connectivity index (χ2n) is 4.86. The minimum atomic E-state index is -0.559. The summed E-state index contributed by atoms with van der Waals surface area (Å²) in [5, 5.41) is 2.27. The minimum Gasteiger partial charge on any atom is -0.364 e. The molecule has 1 radical (unpaired) electrons. The molecule has 3 nitrogen and oxygen atoms in total. The zero-order chi connectivity index (χ0) is 15.0. The fourth-order valence-electron chi connectivity index (χ4n) is 2.37. The molecule has 3 rings (SSSR count). The number of amides is 1. The molecule has 1 amide bonds. The average Bonchev–Trinajstić information content (AvgIpc) is 2.48. The summed E-state index contributed by atoms with van der Waals surface area (Å²) >= 11 is 6.08. The van der Waals surface area contributed by atoms with Crippen LogP contribution in [0.4, 0.5) is 0 Å². The standard InChI is InChI=1S/C17H12ClN2O/c1-10-2-5-13(18)9-14(10)12-4-3-11-6-7-20-16(17(19)21)15(11)8-12/h2-6,8-9H,1H3,(H2,19,21). The monoisotopic (exact) mass is 295 g/mol. The van der Waals surface area contributed by atoms with Crippen molar-refractivity contribution >= 4 is 28.3 Å². The molecule has 103 valence electrons. The van der Waals surface area contributed by atoms with E-state index in [4.69, 9.17) is 17.3 Å². The van der Waals surface area contributed by atoms with Crippen molar-refractivity contribution in [1.82, 2.24) is 4.98 Å². The van der Waals surface area contributed by atoms with Crippen LogP contribution in [0, 0.1) is 13.1 Å². The largest absolute Gasteiger partial charge is 0.364 e. The van der Waals surface area contributed by atoms with Crippen molar-refractivity contribution in [2.24, 2.45) is 5.73 Å². The highest BCUT2D eigenvalue weighted by molar-refractivity contribution is 6.30. The van der Waals surface area contributed by atoms with Gasteiger partial charge in [0.1, 0.15) is 5.69 Å². The van der Waals surface area contributed by atoms with Crippen LogP contribution in [0.3, 0.4) is 0 Å². The minimum absolute atomic E-state index is 0.231. The molecule has 0 saturated heterocycles. The number of pyridine rings is 1. The van der Waals surface area contributed by atoms with E-state index in [1.165, 1.54) is 0 Å². The van der Waals surface area contributed by atoms with E-state index in [0.717, 1.165) is 27.5 Å². The van der Waals surface area contributed by atoms with Crippen LogP contribution in [0.25, 0.3) is 21.9 Å². The lowest BCUT2D eigenvalue weighted by Crippen LogP contribution is -2.13. The zero-order valence-electron chi connectivity index (χ0n) is 11.4. The molecule has 0 spiro atoms. The number of halogens is 1. The number of nitrogens with two attached hydrogens (primary N) is 1. The summed E-state index contributed by atoms with van der Waals surface area (Å²) in [4.78, 5) is 15.5. The molecule has 0 aliphatic carbocycles. The molecular formula is C17H12ClN2O. The van der Waals surface area contributed by atoms with Gasteiger partial charge in [0.25, 0.3) is 5.91 Å². The SMILES string of the molecule is Cc1ccc(Cl)cc1-c1ccc2c[c]nc(C(N)=O)c2c1. The molecule has 0 unspecified atom stereocenters. The molecule has 1 aromatic heterocycles. The molecule has 0 bridgehead atoms. The Morgan fingerprint density at radius 3 is 2.81 bits per heavy atom. The van der Waals surface area contributed by atoms with E-state index in [2.05, 4.69) is 11.2 Å².